The average molecular weight is 925 g/mol. The van der Waals surface area contributed by atoms with E-state index in [1.807, 2.05) is 12.1 Å². The van der Waals surface area contributed by atoms with Crippen LogP contribution < -0.4 is 20.5 Å². The van der Waals surface area contributed by atoms with Crippen molar-refractivity contribution in [2.24, 2.45) is 5.73 Å². The number of aliphatic hydroxyl groups is 2. The van der Waals surface area contributed by atoms with Crippen molar-refractivity contribution in [2.45, 2.75) is 24.4 Å². The average Bonchev–Trinajstić information content (AvgIpc) is 3.33. The smallest absolute Gasteiger partial charge is 0.416 e. The number of alkyl halides is 6. The van der Waals surface area contributed by atoms with Gasteiger partial charge >= 0.3 is 18.3 Å². The molecule has 8 aromatic rings. The van der Waals surface area contributed by atoms with Crippen LogP contribution in [-0.4, -0.2) is 60.3 Å². The number of pyridine rings is 4. The van der Waals surface area contributed by atoms with E-state index in [1.165, 1.54) is 42.7 Å². The molecule has 2 atom stereocenters. The molecule has 0 saturated heterocycles. The second kappa shape index (κ2) is 21.8. The van der Waals surface area contributed by atoms with E-state index < -0.39 is 41.4 Å². The Morgan fingerprint density at radius 1 is 0.582 bits per heavy atom. The van der Waals surface area contributed by atoms with Crippen LogP contribution in [0.5, 0.6) is 23.0 Å². The molecule has 0 bridgehead atoms. The van der Waals surface area contributed by atoms with Crippen molar-refractivity contribution < 1.29 is 60.7 Å². The van der Waals surface area contributed by atoms with Gasteiger partial charge in [-0.3, -0.25) is 24.7 Å². The highest BCUT2D eigenvalue weighted by Crippen LogP contribution is 2.35. The molecule has 8 rings (SSSR count). The summed E-state index contributed by atoms with van der Waals surface area (Å²) in [6.45, 7) is -0.383. The van der Waals surface area contributed by atoms with Gasteiger partial charge in [-0.15, -0.1) is 0 Å². The van der Waals surface area contributed by atoms with Gasteiger partial charge in [-0.25, -0.2) is 4.79 Å². The minimum absolute atomic E-state index is 0.0363. The molecule has 1 amide bonds. The summed E-state index contributed by atoms with van der Waals surface area (Å²) in [5, 5.41) is 31.1. The molecule has 0 spiro atoms. The lowest BCUT2D eigenvalue weighted by molar-refractivity contribution is -0.138. The number of benzene rings is 4. The van der Waals surface area contributed by atoms with Crippen molar-refractivity contribution in [3.63, 3.8) is 0 Å². The number of halogens is 6. The number of rotatable bonds is 11. The Morgan fingerprint density at radius 3 is 1.46 bits per heavy atom. The number of nitrogens with zero attached hydrogens (tertiary/aromatic N) is 4. The zero-order chi connectivity index (χ0) is 48.1. The van der Waals surface area contributed by atoms with Crippen molar-refractivity contribution in [1.29, 1.82) is 0 Å². The number of aromatic nitrogens is 4. The third kappa shape index (κ3) is 13.1. The van der Waals surface area contributed by atoms with E-state index in [0.717, 1.165) is 30.0 Å². The van der Waals surface area contributed by atoms with Crippen LogP contribution in [0.4, 0.5) is 26.3 Å². The largest absolute Gasteiger partial charge is 0.478 e. The van der Waals surface area contributed by atoms with Crippen LogP contribution in [0.3, 0.4) is 0 Å². The Labute approximate surface area is 377 Å². The number of hydrogen-bond donors (Lipinski definition) is 5. The highest BCUT2D eigenvalue weighted by molar-refractivity contribution is 5.98. The molecule has 344 valence electrons. The van der Waals surface area contributed by atoms with Crippen LogP contribution in [-0.2, 0) is 12.4 Å². The molecule has 4 aromatic heterocycles. The van der Waals surface area contributed by atoms with Crippen LogP contribution in [0, 0.1) is 0 Å². The van der Waals surface area contributed by atoms with Crippen LogP contribution >= 0.6 is 0 Å². The number of hydrogen-bond acceptors (Lipinski definition) is 11. The monoisotopic (exact) mass is 924 g/mol. The fourth-order valence-electron chi connectivity index (χ4n) is 6.07. The summed E-state index contributed by atoms with van der Waals surface area (Å²) in [7, 11) is 0. The maximum atomic E-state index is 12.8. The first-order valence-corrected chi connectivity index (χ1v) is 19.8. The van der Waals surface area contributed by atoms with Gasteiger partial charge in [0.15, 0.2) is 11.5 Å². The Morgan fingerprint density at radius 2 is 1.04 bits per heavy atom. The van der Waals surface area contributed by atoms with Crippen LogP contribution in [0.2, 0.25) is 0 Å². The molecule has 0 fully saturated rings. The summed E-state index contributed by atoms with van der Waals surface area (Å²) in [4.78, 5) is 40.2. The van der Waals surface area contributed by atoms with E-state index >= 15 is 0 Å². The highest BCUT2D eigenvalue weighted by atomic mass is 19.4. The van der Waals surface area contributed by atoms with Gasteiger partial charge in [0.1, 0.15) is 22.5 Å². The number of aliphatic hydroxyl groups excluding tert-OH is 2. The number of carbonyl (C=O) groups excluding carboxylic acids is 1. The molecule has 2 unspecified atom stereocenters. The first-order chi connectivity index (χ1) is 32.0. The normalized spacial score (nSPS) is 12.1. The van der Waals surface area contributed by atoms with E-state index in [0.29, 0.717) is 39.0 Å². The highest BCUT2D eigenvalue weighted by Gasteiger charge is 2.31. The number of amides is 1. The summed E-state index contributed by atoms with van der Waals surface area (Å²) >= 11 is 0. The zero-order valence-corrected chi connectivity index (χ0v) is 34.7. The van der Waals surface area contributed by atoms with E-state index in [2.05, 4.69) is 25.3 Å². The molecule has 4 aromatic carbocycles. The fraction of sp³-hybridized carbons (Fsp3) is 0.125. The molecule has 67 heavy (non-hydrogen) atoms. The molecule has 0 aliphatic heterocycles. The van der Waals surface area contributed by atoms with E-state index in [4.69, 9.17) is 25.4 Å². The van der Waals surface area contributed by atoms with Crippen molar-refractivity contribution in [3.8, 4) is 23.0 Å². The number of ether oxygens (including phenoxy) is 2. The second-order valence-electron chi connectivity index (χ2n) is 14.2. The van der Waals surface area contributed by atoms with Gasteiger partial charge in [0, 0.05) is 35.6 Å². The number of para-hydroxylation sites is 2. The Hall–Kier alpha value is -8.00. The van der Waals surface area contributed by atoms with E-state index in [1.54, 1.807) is 79.1 Å². The van der Waals surface area contributed by atoms with E-state index in [9.17, 15) is 41.0 Å². The number of carboxylic acid groups (broad SMARTS) is 1. The third-order valence-electron chi connectivity index (χ3n) is 9.47. The minimum atomic E-state index is -4.43. The summed E-state index contributed by atoms with van der Waals surface area (Å²) in [5.74, 6) is -0.438. The number of nitrogens with one attached hydrogen (secondary N) is 1. The molecule has 0 saturated carbocycles. The van der Waals surface area contributed by atoms with Crippen molar-refractivity contribution in [1.82, 2.24) is 25.3 Å². The second-order valence-corrected chi connectivity index (χ2v) is 14.2. The molecule has 19 heteroatoms. The zero-order valence-electron chi connectivity index (χ0n) is 34.7. The van der Waals surface area contributed by atoms with Crippen LogP contribution in [0.25, 0.3) is 21.8 Å². The third-order valence-corrected chi connectivity index (χ3v) is 9.47. The molecule has 0 radical (unpaired) electrons. The van der Waals surface area contributed by atoms with Gasteiger partial charge in [0.25, 0.3) is 5.91 Å². The maximum Gasteiger partial charge on any atom is 0.416 e. The molecular weight excluding hydrogens is 887 g/mol. The number of carboxylic acids is 1. The molecule has 6 N–H and O–H groups in total. The number of fused-ring (bicyclic) bond motifs is 2. The molecule has 13 nitrogen and oxygen atoms in total. The summed E-state index contributed by atoms with van der Waals surface area (Å²) < 4.78 is 87.3. The SMILES string of the molecule is NC(CO)c1ccccn1.O=C(NC(CO)c1ccccn1)c1cnc2c(Oc3ccc(C(F)(F)F)cc3)cccc2c1.O=C(O)c1cnc2c(Oc3ccc(C(F)(F)F)cc3)cccc2c1. The lowest BCUT2D eigenvalue weighted by atomic mass is 10.1. The Bertz CT molecular complexity index is 2910. The molecular formula is C48H38F6N6O7. The van der Waals surface area contributed by atoms with Gasteiger partial charge in [-0.05, 0) is 97.1 Å². The Kier molecular flexibility index (Phi) is 15.8. The number of aromatic carboxylic acids is 1. The van der Waals surface area contributed by atoms with Crippen molar-refractivity contribution in [3.05, 3.63) is 192 Å². The van der Waals surface area contributed by atoms with Crippen LogP contribution in [0.15, 0.2) is 158 Å². The predicted octanol–water partition coefficient (Wildman–Crippen LogP) is 9.72. The molecule has 0 aliphatic rings. The van der Waals surface area contributed by atoms with Crippen LogP contribution in [0.1, 0.15) is 55.3 Å². The maximum absolute atomic E-state index is 12.8. The van der Waals surface area contributed by atoms with Crippen molar-refractivity contribution >= 4 is 33.7 Å². The van der Waals surface area contributed by atoms with Gasteiger partial charge in [-0.1, -0.05) is 36.4 Å². The number of nitrogens with two attached hydrogens (primary N) is 1. The standard InChI is InChI=1S/C24H18F3N3O3.C17H10F3NO3.C7H10N2O/c25-24(26,27)17-7-9-18(10-8-17)33-21-6-3-4-15-12-16(13-29-22(15)21)23(32)30-20(14-31)19-5-1-2-11-28-19;18-17(19,20)12-4-6-13(7-5-12)24-14-3-1-2-10-8-11(16(22)23)9-21-15(10)14;8-6(5-10)7-3-1-2-4-9-7/h1-13,20,31H,14H2,(H,30,32);1-9H,(H,22,23);1-4,6,10H,5,8H2. The van der Waals surface area contributed by atoms with Crippen molar-refractivity contribution in [2.75, 3.05) is 13.2 Å². The fourth-order valence-corrected chi connectivity index (χ4v) is 6.07. The summed E-state index contributed by atoms with van der Waals surface area (Å²) in [6.07, 6.45) is -3.05. The topological polar surface area (TPSA) is 203 Å². The first-order valence-electron chi connectivity index (χ1n) is 19.8. The quantitative estimate of drug-likeness (QED) is 0.0770. The van der Waals surface area contributed by atoms with Gasteiger partial charge in [0.2, 0.25) is 0 Å². The van der Waals surface area contributed by atoms with E-state index in [-0.39, 0.29) is 41.9 Å². The van der Waals surface area contributed by atoms with Gasteiger partial charge in [0.05, 0.1) is 58.9 Å². The minimum Gasteiger partial charge on any atom is -0.478 e. The summed E-state index contributed by atoms with van der Waals surface area (Å²) in [6, 6.07) is 31.3. The predicted molar refractivity (Wildman–Crippen MR) is 233 cm³/mol. The molecule has 0 aliphatic carbocycles. The Balaban J connectivity index is 0.000000189. The van der Waals surface area contributed by atoms with Gasteiger partial charge < -0.3 is 35.8 Å². The van der Waals surface area contributed by atoms with Gasteiger partial charge in [-0.2, -0.15) is 26.3 Å². The lowest BCUT2D eigenvalue weighted by Gasteiger charge is -2.16. The lowest BCUT2D eigenvalue weighted by Crippen LogP contribution is -2.31. The summed E-state index contributed by atoms with van der Waals surface area (Å²) in [5.41, 5.74) is 6.36. The number of carbonyl (C=O) groups is 2. The molecule has 4 heterocycles. The first kappa shape index (κ1) is 48.5.